The van der Waals surface area contributed by atoms with E-state index in [4.69, 9.17) is 11.6 Å². The van der Waals surface area contributed by atoms with Crippen LogP contribution in [-0.4, -0.2) is 34.8 Å². The minimum atomic E-state index is -0.478. The average molecular weight is 368 g/mol. The Balaban J connectivity index is 1.58. The van der Waals surface area contributed by atoms with Crippen LogP contribution >= 0.6 is 22.9 Å². The van der Waals surface area contributed by atoms with Gasteiger partial charge in [-0.2, -0.15) is 0 Å². The lowest BCUT2D eigenvalue weighted by Gasteiger charge is -2.31. The normalized spacial score (nSPS) is 15.3. The van der Waals surface area contributed by atoms with Gasteiger partial charge in [-0.05, 0) is 31.0 Å². The lowest BCUT2D eigenvalue weighted by Crippen LogP contribution is -2.41. The third-order valence-corrected chi connectivity index (χ3v) is 4.98. The summed E-state index contributed by atoms with van der Waals surface area (Å²) in [6, 6.07) is 3.73. The summed E-state index contributed by atoms with van der Waals surface area (Å²) in [6.07, 6.45) is 2.78. The maximum absolute atomic E-state index is 13.1. The Kier molecular flexibility index (Phi) is 5.11. The Morgan fingerprint density at radius 2 is 2.08 bits per heavy atom. The Morgan fingerprint density at radius 3 is 2.71 bits per heavy atom. The first-order chi connectivity index (χ1) is 11.5. The predicted molar refractivity (Wildman–Crippen MR) is 90.8 cm³/mol. The van der Waals surface area contributed by atoms with Crippen LogP contribution in [0.3, 0.4) is 0 Å². The van der Waals surface area contributed by atoms with Gasteiger partial charge in [0, 0.05) is 30.6 Å². The van der Waals surface area contributed by atoms with Crippen molar-refractivity contribution < 1.29 is 14.0 Å². The van der Waals surface area contributed by atoms with Crippen LogP contribution in [-0.2, 0) is 4.79 Å². The van der Waals surface area contributed by atoms with Crippen LogP contribution in [0.5, 0.6) is 0 Å². The molecule has 0 unspecified atom stereocenters. The van der Waals surface area contributed by atoms with Crippen molar-refractivity contribution in [1.82, 2.24) is 9.88 Å². The Bertz CT molecular complexity index is 746. The van der Waals surface area contributed by atoms with Crippen molar-refractivity contribution in [2.45, 2.75) is 12.8 Å². The molecule has 2 heterocycles. The Morgan fingerprint density at radius 1 is 1.33 bits per heavy atom. The van der Waals surface area contributed by atoms with Crippen molar-refractivity contribution in [2.75, 3.05) is 18.4 Å². The summed E-state index contributed by atoms with van der Waals surface area (Å²) < 4.78 is 13.1. The number of anilines is 1. The molecule has 126 valence electrons. The maximum Gasteiger partial charge on any atom is 0.255 e. The van der Waals surface area contributed by atoms with E-state index in [-0.39, 0.29) is 28.3 Å². The third kappa shape index (κ3) is 3.73. The van der Waals surface area contributed by atoms with Crippen molar-refractivity contribution in [3.05, 3.63) is 46.2 Å². The van der Waals surface area contributed by atoms with Crippen molar-refractivity contribution >= 4 is 39.9 Å². The maximum atomic E-state index is 13.1. The lowest BCUT2D eigenvalue weighted by molar-refractivity contribution is -0.121. The summed E-state index contributed by atoms with van der Waals surface area (Å²) in [7, 11) is 0. The molecule has 0 saturated carbocycles. The molecule has 0 spiro atoms. The number of piperidine rings is 1. The number of nitrogens with one attached hydrogen (secondary N) is 1. The fourth-order valence-electron chi connectivity index (χ4n) is 2.67. The second kappa shape index (κ2) is 7.27. The number of benzene rings is 1. The molecule has 1 aromatic carbocycles. The number of rotatable bonds is 3. The predicted octanol–water partition coefficient (Wildman–Crippen LogP) is 3.43. The van der Waals surface area contributed by atoms with E-state index in [1.165, 1.54) is 23.5 Å². The summed E-state index contributed by atoms with van der Waals surface area (Å²) in [5, 5.41) is 5.26. The average Bonchev–Trinajstić information content (AvgIpc) is 3.07. The summed E-state index contributed by atoms with van der Waals surface area (Å²) >= 11 is 7.31. The summed E-state index contributed by atoms with van der Waals surface area (Å²) in [5.74, 6) is -0.939. The molecule has 1 saturated heterocycles. The quantitative estimate of drug-likeness (QED) is 0.904. The highest BCUT2D eigenvalue weighted by Gasteiger charge is 2.28. The standard InChI is InChI=1S/C16H15ClFN3O2S/c17-13-9-11(18)1-2-12(13)15(23)21-6-3-10(4-7-21)14(22)20-16-19-5-8-24-16/h1-2,5,8-10H,3-4,6-7H2,(H,19,20,22). The molecule has 1 N–H and O–H groups in total. The van der Waals surface area contributed by atoms with Gasteiger partial charge in [0.15, 0.2) is 5.13 Å². The van der Waals surface area contributed by atoms with Gasteiger partial charge in [0.25, 0.3) is 5.91 Å². The summed E-state index contributed by atoms with van der Waals surface area (Å²) in [5.41, 5.74) is 0.281. The third-order valence-electron chi connectivity index (χ3n) is 3.98. The zero-order valence-electron chi connectivity index (χ0n) is 12.7. The van der Waals surface area contributed by atoms with Gasteiger partial charge in [-0.15, -0.1) is 11.3 Å². The van der Waals surface area contributed by atoms with E-state index >= 15 is 0 Å². The van der Waals surface area contributed by atoms with E-state index in [1.54, 1.807) is 16.5 Å². The molecule has 8 heteroatoms. The number of aromatic nitrogens is 1. The topological polar surface area (TPSA) is 62.3 Å². The zero-order chi connectivity index (χ0) is 17.1. The number of hydrogen-bond acceptors (Lipinski definition) is 4. The van der Waals surface area contributed by atoms with Gasteiger partial charge < -0.3 is 10.2 Å². The van der Waals surface area contributed by atoms with Crippen molar-refractivity contribution in [1.29, 1.82) is 0 Å². The minimum Gasteiger partial charge on any atom is -0.339 e. The molecular weight excluding hydrogens is 353 g/mol. The smallest absolute Gasteiger partial charge is 0.255 e. The molecule has 2 amide bonds. The van der Waals surface area contributed by atoms with Gasteiger partial charge >= 0.3 is 0 Å². The lowest BCUT2D eigenvalue weighted by atomic mass is 9.95. The van der Waals surface area contributed by atoms with Gasteiger partial charge in [0.2, 0.25) is 5.91 Å². The van der Waals surface area contributed by atoms with Crippen LogP contribution in [0.4, 0.5) is 9.52 Å². The highest BCUT2D eigenvalue weighted by molar-refractivity contribution is 7.13. The van der Waals surface area contributed by atoms with Gasteiger partial charge in [0.05, 0.1) is 10.6 Å². The van der Waals surface area contributed by atoms with Crippen LogP contribution in [0.15, 0.2) is 29.8 Å². The van der Waals surface area contributed by atoms with Crippen molar-refractivity contribution in [3.8, 4) is 0 Å². The number of amides is 2. The fourth-order valence-corrected chi connectivity index (χ4v) is 3.45. The highest BCUT2D eigenvalue weighted by atomic mass is 35.5. The molecule has 24 heavy (non-hydrogen) atoms. The first kappa shape index (κ1) is 16.9. The van der Waals surface area contributed by atoms with E-state index in [9.17, 15) is 14.0 Å². The first-order valence-corrected chi connectivity index (χ1v) is 8.75. The van der Waals surface area contributed by atoms with Crippen LogP contribution in [0.1, 0.15) is 23.2 Å². The van der Waals surface area contributed by atoms with Gasteiger partial charge in [-0.3, -0.25) is 9.59 Å². The molecule has 0 bridgehead atoms. The molecule has 1 aliphatic rings. The Hall–Kier alpha value is -1.99. The van der Waals surface area contributed by atoms with E-state index in [0.29, 0.717) is 31.1 Å². The van der Waals surface area contributed by atoms with E-state index in [2.05, 4.69) is 10.3 Å². The van der Waals surface area contributed by atoms with Crippen LogP contribution in [0.25, 0.3) is 0 Å². The van der Waals surface area contributed by atoms with E-state index < -0.39 is 5.82 Å². The van der Waals surface area contributed by atoms with Crippen molar-refractivity contribution in [3.63, 3.8) is 0 Å². The molecule has 2 aromatic rings. The molecule has 0 radical (unpaired) electrons. The molecule has 0 aliphatic carbocycles. The van der Waals surface area contributed by atoms with Crippen LogP contribution in [0, 0.1) is 11.7 Å². The summed E-state index contributed by atoms with van der Waals surface area (Å²) in [4.78, 5) is 30.3. The van der Waals surface area contributed by atoms with Crippen LogP contribution in [0.2, 0.25) is 5.02 Å². The molecule has 1 fully saturated rings. The molecule has 5 nitrogen and oxygen atoms in total. The minimum absolute atomic E-state index is 0.0723. The molecule has 1 aliphatic heterocycles. The molecule has 1 aromatic heterocycles. The number of likely N-dealkylation sites (tertiary alicyclic amines) is 1. The van der Waals surface area contributed by atoms with Crippen LogP contribution < -0.4 is 5.32 Å². The number of nitrogens with zero attached hydrogens (tertiary/aromatic N) is 2. The van der Waals surface area contributed by atoms with Crippen molar-refractivity contribution in [2.24, 2.45) is 5.92 Å². The second-order valence-corrected chi connectivity index (χ2v) is 6.82. The second-order valence-electron chi connectivity index (χ2n) is 5.52. The van der Waals surface area contributed by atoms with Gasteiger partial charge in [-0.25, -0.2) is 9.37 Å². The van der Waals surface area contributed by atoms with Gasteiger partial charge in [-0.1, -0.05) is 11.6 Å². The molecular formula is C16H15ClFN3O2S. The molecule has 0 atom stereocenters. The fraction of sp³-hybridized carbons (Fsp3) is 0.312. The van der Waals surface area contributed by atoms with E-state index in [0.717, 1.165) is 6.07 Å². The SMILES string of the molecule is O=C(Nc1nccs1)C1CCN(C(=O)c2ccc(F)cc2Cl)CC1. The van der Waals surface area contributed by atoms with E-state index in [1.807, 2.05) is 0 Å². The van der Waals surface area contributed by atoms with Gasteiger partial charge in [0.1, 0.15) is 5.82 Å². The first-order valence-electron chi connectivity index (χ1n) is 7.49. The monoisotopic (exact) mass is 367 g/mol. The number of carbonyl (C=O) groups excluding carboxylic acids is 2. The number of carbonyl (C=O) groups is 2. The highest BCUT2D eigenvalue weighted by Crippen LogP contribution is 2.24. The number of thiazole rings is 1. The largest absolute Gasteiger partial charge is 0.339 e. The number of halogens is 2. The summed E-state index contributed by atoms with van der Waals surface area (Å²) in [6.45, 7) is 0.922. The molecule has 3 rings (SSSR count). The number of hydrogen-bond donors (Lipinski definition) is 1. The zero-order valence-corrected chi connectivity index (χ0v) is 14.2. The Labute approximate surface area is 147 Å².